The summed E-state index contributed by atoms with van der Waals surface area (Å²) in [6.07, 6.45) is 0.630. The van der Waals surface area contributed by atoms with Crippen LogP contribution >= 0.6 is 24.0 Å². The van der Waals surface area contributed by atoms with Crippen LogP contribution in [0.5, 0.6) is 5.75 Å². The predicted octanol–water partition coefficient (Wildman–Crippen LogP) is 1.86. The van der Waals surface area contributed by atoms with E-state index in [-0.39, 0.29) is 41.5 Å². The summed E-state index contributed by atoms with van der Waals surface area (Å²) in [5, 5.41) is 6.39. The molecule has 1 aliphatic rings. The van der Waals surface area contributed by atoms with Crippen LogP contribution in [0.15, 0.2) is 23.2 Å². The first-order valence-corrected chi connectivity index (χ1v) is 9.65. The number of hydrogen-bond acceptors (Lipinski definition) is 4. The Kier molecular flexibility index (Phi) is 8.28. The van der Waals surface area contributed by atoms with E-state index in [2.05, 4.69) is 21.7 Å². The van der Waals surface area contributed by atoms with Crippen LogP contribution in [-0.2, 0) is 16.4 Å². The summed E-state index contributed by atoms with van der Waals surface area (Å²) in [6, 6.07) is 5.99. The maximum Gasteiger partial charge on any atom is 0.191 e. The Morgan fingerprint density at radius 3 is 2.71 bits per heavy atom. The molecule has 8 heteroatoms. The molecule has 1 atom stereocenters. The number of ether oxygens (including phenoxy) is 1. The topological polar surface area (TPSA) is 79.8 Å². The molecule has 0 aromatic heterocycles. The quantitative estimate of drug-likeness (QED) is 0.393. The average Bonchev–Trinajstić information content (AvgIpc) is 2.85. The number of aryl methyl sites for hydroxylation is 1. The fourth-order valence-electron chi connectivity index (χ4n) is 2.62. The van der Waals surface area contributed by atoms with Crippen molar-refractivity contribution < 1.29 is 13.2 Å². The third kappa shape index (κ3) is 6.12. The van der Waals surface area contributed by atoms with Gasteiger partial charge in [0.1, 0.15) is 5.75 Å². The summed E-state index contributed by atoms with van der Waals surface area (Å²) in [5.74, 6) is 1.95. The largest absolute Gasteiger partial charge is 0.494 e. The number of hydrogen-bond donors (Lipinski definition) is 2. The second-order valence-electron chi connectivity index (χ2n) is 5.70. The smallest absolute Gasteiger partial charge is 0.191 e. The SMILES string of the molecule is CCOc1ccc(CNC(=NC)NC2CCS(=O)(=O)C2)cc1C.I. The molecule has 0 spiro atoms. The van der Waals surface area contributed by atoms with Crippen LogP contribution in [0, 0.1) is 6.92 Å². The summed E-state index contributed by atoms with van der Waals surface area (Å²) >= 11 is 0. The number of nitrogens with zero attached hydrogens (tertiary/aromatic N) is 1. The van der Waals surface area contributed by atoms with E-state index in [4.69, 9.17) is 4.74 Å². The van der Waals surface area contributed by atoms with Gasteiger partial charge in [-0.3, -0.25) is 4.99 Å². The number of guanidine groups is 1. The first-order valence-electron chi connectivity index (χ1n) is 7.83. The van der Waals surface area contributed by atoms with Gasteiger partial charge in [0.05, 0.1) is 18.1 Å². The van der Waals surface area contributed by atoms with Crippen LogP contribution in [0.2, 0.25) is 0 Å². The van der Waals surface area contributed by atoms with Crippen molar-refractivity contribution >= 4 is 39.8 Å². The summed E-state index contributed by atoms with van der Waals surface area (Å²) in [5.41, 5.74) is 2.21. The number of nitrogens with one attached hydrogen (secondary N) is 2. The van der Waals surface area contributed by atoms with E-state index in [1.807, 2.05) is 26.0 Å². The summed E-state index contributed by atoms with van der Waals surface area (Å²) in [7, 11) is -1.21. The lowest BCUT2D eigenvalue weighted by Crippen LogP contribution is -2.43. The number of sulfone groups is 1. The van der Waals surface area contributed by atoms with Gasteiger partial charge in [0.15, 0.2) is 15.8 Å². The Labute approximate surface area is 161 Å². The highest BCUT2D eigenvalue weighted by molar-refractivity contribution is 14.0. The van der Waals surface area contributed by atoms with Gasteiger partial charge in [0.25, 0.3) is 0 Å². The molecule has 1 aliphatic heterocycles. The highest BCUT2D eigenvalue weighted by atomic mass is 127. The van der Waals surface area contributed by atoms with Crippen molar-refractivity contribution in [2.45, 2.75) is 32.9 Å². The predicted molar refractivity (Wildman–Crippen MR) is 108 cm³/mol. The van der Waals surface area contributed by atoms with Crippen LogP contribution in [-0.4, -0.2) is 45.6 Å². The third-order valence-corrected chi connectivity index (χ3v) is 5.56. The van der Waals surface area contributed by atoms with Crippen LogP contribution < -0.4 is 15.4 Å². The first kappa shape index (κ1) is 21.0. The Morgan fingerprint density at radius 2 is 2.17 bits per heavy atom. The van der Waals surface area contributed by atoms with Crippen molar-refractivity contribution in [1.29, 1.82) is 0 Å². The zero-order valence-corrected chi connectivity index (χ0v) is 17.5. The molecule has 0 aliphatic carbocycles. The van der Waals surface area contributed by atoms with Crippen molar-refractivity contribution in [2.75, 3.05) is 25.2 Å². The Hall–Kier alpha value is -1.03. The van der Waals surface area contributed by atoms with Gasteiger partial charge in [-0.2, -0.15) is 0 Å². The van der Waals surface area contributed by atoms with Gasteiger partial charge >= 0.3 is 0 Å². The molecule has 1 saturated heterocycles. The maximum absolute atomic E-state index is 11.5. The van der Waals surface area contributed by atoms with Gasteiger partial charge < -0.3 is 15.4 Å². The molecule has 136 valence electrons. The van der Waals surface area contributed by atoms with Crippen LogP contribution in [0.1, 0.15) is 24.5 Å². The lowest BCUT2D eigenvalue weighted by Gasteiger charge is -2.16. The minimum Gasteiger partial charge on any atom is -0.494 e. The van der Waals surface area contributed by atoms with E-state index in [1.54, 1.807) is 7.05 Å². The number of benzene rings is 1. The molecular formula is C16H26IN3O3S. The van der Waals surface area contributed by atoms with Crippen molar-refractivity contribution in [3.63, 3.8) is 0 Å². The number of halogens is 1. The maximum atomic E-state index is 11.5. The Morgan fingerprint density at radius 1 is 1.42 bits per heavy atom. The van der Waals surface area contributed by atoms with Crippen molar-refractivity contribution in [1.82, 2.24) is 10.6 Å². The van der Waals surface area contributed by atoms with Gasteiger partial charge in [-0.05, 0) is 37.5 Å². The normalized spacial score (nSPS) is 19.5. The molecule has 2 rings (SSSR count). The summed E-state index contributed by atoms with van der Waals surface area (Å²) < 4.78 is 28.5. The highest BCUT2D eigenvalue weighted by Crippen LogP contribution is 2.19. The van der Waals surface area contributed by atoms with E-state index in [1.165, 1.54) is 0 Å². The lowest BCUT2D eigenvalue weighted by atomic mass is 10.1. The number of rotatable bonds is 5. The van der Waals surface area contributed by atoms with Crippen LogP contribution in [0.3, 0.4) is 0 Å². The molecule has 0 radical (unpaired) electrons. The van der Waals surface area contributed by atoms with Crippen molar-refractivity contribution in [3.8, 4) is 5.75 Å². The molecule has 1 fully saturated rings. The van der Waals surface area contributed by atoms with E-state index in [9.17, 15) is 8.42 Å². The second-order valence-corrected chi connectivity index (χ2v) is 7.93. The van der Waals surface area contributed by atoms with Crippen molar-refractivity contribution in [3.05, 3.63) is 29.3 Å². The highest BCUT2D eigenvalue weighted by Gasteiger charge is 2.28. The van der Waals surface area contributed by atoms with Crippen LogP contribution in [0.4, 0.5) is 0 Å². The Bertz CT molecular complexity index is 677. The van der Waals surface area contributed by atoms with E-state index >= 15 is 0 Å². The van der Waals surface area contributed by atoms with Gasteiger partial charge in [-0.25, -0.2) is 8.42 Å². The second kappa shape index (κ2) is 9.45. The minimum atomic E-state index is -2.89. The average molecular weight is 467 g/mol. The fraction of sp³-hybridized carbons (Fsp3) is 0.562. The molecule has 1 heterocycles. The molecule has 1 aromatic rings. The van der Waals surface area contributed by atoms with Gasteiger partial charge in [0, 0.05) is 19.6 Å². The molecule has 0 amide bonds. The monoisotopic (exact) mass is 467 g/mol. The summed E-state index contributed by atoms with van der Waals surface area (Å²) in [4.78, 5) is 4.16. The molecule has 1 unspecified atom stereocenters. The van der Waals surface area contributed by atoms with Gasteiger partial charge in [-0.15, -0.1) is 24.0 Å². The molecule has 24 heavy (non-hydrogen) atoms. The molecule has 1 aromatic carbocycles. The zero-order chi connectivity index (χ0) is 16.9. The molecule has 0 bridgehead atoms. The first-order chi connectivity index (χ1) is 10.9. The van der Waals surface area contributed by atoms with E-state index in [0.717, 1.165) is 16.9 Å². The molecule has 0 saturated carbocycles. The fourth-order valence-corrected chi connectivity index (χ4v) is 4.29. The van der Waals surface area contributed by atoms with E-state index < -0.39 is 9.84 Å². The molecule has 2 N–H and O–H groups in total. The summed E-state index contributed by atoms with van der Waals surface area (Å²) in [6.45, 7) is 5.25. The molecular weight excluding hydrogens is 441 g/mol. The lowest BCUT2D eigenvalue weighted by molar-refractivity contribution is 0.338. The van der Waals surface area contributed by atoms with Gasteiger partial charge in [-0.1, -0.05) is 12.1 Å². The van der Waals surface area contributed by atoms with Crippen molar-refractivity contribution in [2.24, 2.45) is 4.99 Å². The Balaban J connectivity index is 0.00000288. The van der Waals surface area contributed by atoms with E-state index in [0.29, 0.717) is 25.5 Å². The molecule has 6 nitrogen and oxygen atoms in total. The number of aliphatic imine (C=N–C) groups is 1. The minimum absolute atomic E-state index is 0. The zero-order valence-electron chi connectivity index (χ0n) is 14.3. The van der Waals surface area contributed by atoms with Crippen LogP contribution in [0.25, 0.3) is 0 Å². The van der Waals surface area contributed by atoms with Gasteiger partial charge in [0.2, 0.25) is 0 Å². The third-order valence-electron chi connectivity index (χ3n) is 3.80. The standard InChI is InChI=1S/C16H25N3O3S.HI/c1-4-22-15-6-5-13(9-12(15)2)10-18-16(17-3)19-14-7-8-23(20,21)11-14;/h5-6,9,14H,4,7-8,10-11H2,1-3H3,(H2,17,18,19);1H.